The van der Waals surface area contributed by atoms with Crippen molar-refractivity contribution in [1.29, 1.82) is 0 Å². The first-order chi connectivity index (χ1) is 13.0. The molecular weight excluding hydrogens is 367 g/mol. The van der Waals surface area contributed by atoms with Crippen molar-refractivity contribution in [3.8, 4) is 0 Å². The van der Waals surface area contributed by atoms with Crippen molar-refractivity contribution in [2.75, 3.05) is 26.7 Å². The molecule has 1 amide bonds. The third-order valence-corrected chi connectivity index (χ3v) is 6.06. The molecule has 27 heavy (non-hydrogen) atoms. The number of nitrogens with zero attached hydrogens (tertiary/aromatic N) is 2. The average molecular weight is 389 g/mol. The number of benzene rings is 2. The van der Waals surface area contributed by atoms with Gasteiger partial charge in [-0.25, -0.2) is 4.39 Å². The fourth-order valence-corrected chi connectivity index (χ4v) is 4.48. The Kier molecular flexibility index (Phi) is 4.93. The van der Waals surface area contributed by atoms with Crippen LogP contribution in [0.5, 0.6) is 0 Å². The van der Waals surface area contributed by atoms with E-state index in [4.69, 9.17) is 16.3 Å². The Balaban J connectivity index is 1.60. The third kappa shape index (κ3) is 3.24. The highest BCUT2D eigenvalue weighted by Gasteiger charge is 2.52. The zero-order valence-electron chi connectivity index (χ0n) is 15.2. The third-order valence-electron chi connectivity index (χ3n) is 5.83. The Bertz CT molecular complexity index is 847. The van der Waals surface area contributed by atoms with E-state index in [-0.39, 0.29) is 24.4 Å². The second kappa shape index (κ2) is 7.23. The summed E-state index contributed by atoms with van der Waals surface area (Å²) in [4.78, 5) is 16.4. The molecule has 2 aromatic rings. The number of carbonyl (C=O) groups is 1. The number of likely N-dealkylation sites (N-methyl/N-ethyl adjacent to an activating group) is 1. The van der Waals surface area contributed by atoms with Crippen molar-refractivity contribution in [3.05, 3.63) is 70.5 Å². The van der Waals surface area contributed by atoms with E-state index in [1.807, 2.05) is 30.1 Å². The molecule has 0 N–H and O–H groups in total. The molecule has 0 unspecified atom stereocenters. The molecule has 2 aliphatic heterocycles. The number of hydrogen-bond acceptors (Lipinski definition) is 3. The predicted octanol–water partition coefficient (Wildman–Crippen LogP) is 3.44. The number of rotatable bonds is 3. The van der Waals surface area contributed by atoms with Gasteiger partial charge in [0.05, 0.1) is 11.6 Å². The molecular formula is C21H22ClFN2O2. The minimum absolute atomic E-state index is 0.00713. The molecule has 2 aliphatic rings. The maximum atomic E-state index is 14.2. The molecule has 0 aromatic heterocycles. The van der Waals surface area contributed by atoms with Crippen LogP contribution in [-0.2, 0) is 21.6 Å². The molecule has 2 aromatic carbocycles. The summed E-state index contributed by atoms with van der Waals surface area (Å²) in [7, 11) is 1.86. The van der Waals surface area contributed by atoms with Gasteiger partial charge in [0.15, 0.2) is 0 Å². The summed E-state index contributed by atoms with van der Waals surface area (Å²) >= 11 is 5.86. The number of piperidine rings is 1. The molecule has 2 saturated heterocycles. The van der Waals surface area contributed by atoms with Crippen molar-refractivity contribution >= 4 is 17.5 Å². The highest BCUT2D eigenvalue weighted by atomic mass is 35.5. The second-order valence-corrected chi connectivity index (χ2v) is 7.70. The predicted molar refractivity (Wildman–Crippen MR) is 102 cm³/mol. The van der Waals surface area contributed by atoms with E-state index < -0.39 is 5.54 Å². The molecule has 0 spiro atoms. The van der Waals surface area contributed by atoms with Gasteiger partial charge in [-0.05, 0) is 24.1 Å². The van der Waals surface area contributed by atoms with Crippen LogP contribution in [0.3, 0.4) is 0 Å². The number of halogens is 2. The van der Waals surface area contributed by atoms with Crippen LogP contribution in [0, 0.1) is 5.82 Å². The minimum Gasteiger partial charge on any atom is -0.364 e. The van der Waals surface area contributed by atoms with E-state index >= 15 is 0 Å². The summed E-state index contributed by atoms with van der Waals surface area (Å²) in [5.74, 6) is -0.299. The van der Waals surface area contributed by atoms with Gasteiger partial charge in [0.25, 0.3) is 0 Å². The number of morpholine rings is 1. The van der Waals surface area contributed by atoms with Gasteiger partial charge >= 0.3 is 0 Å². The van der Waals surface area contributed by atoms with Gasteiger partial charge in [0.1, 0.15) is 12.4 Å². The van der Waals surface area contributed by atoms with Crippen molar-refractivity contribution in [2.24, 2.45) is 0 Å². The fourth-order valence-electron chi connectivity index (χ4n) is 4.32. The van der Waals surface area contributed by atoms with Gasteiger partial charge in [-0.2, -0.15) is 0 Å². The molecule has 0 aliphatic carbocycles. The molecule has 0 radical (unpaired) electrons. The minimum atomic E-state index is -0.481. The zero-order chi connectivity index (χ0) is 19.0. The van der Waals surface area contributed by atoms with E-state index in [9.17, 15) is 9.18 Å². The van der Waals surface area contributed by atoms with Gasteiger partial charge < -0.3 is 9.64 Å². The molecule has 142 valence electrons. The van der Waals surface area contributed by atoms with Gasteiger partial charge in [-0.1, -0.05) is 48.0 Å². The van der Waals surface area contributed by atoms with Gasteiger partial charge in [-0.15, -0.1) is 0 Å². The second-order valence-electron chi connectivity index (χ2n) is 7.26. The highest BCUT2D eigenvalue weighted by molar-refractivity contribution is 6.30. The highest BCUT2D eigenvalue weighted by Crippen LogP contribution is 2.42. The number of fused-ring (bicyclic) bond motifs is 1. The fraction of sp³-hybridized carbons (Fsp3) is 0.381. The van der Waals surface area contributed by atoms with Crippen LogP contribution in [0.15, 0.2) is 48.5 Å². The largest absolute Gasteiger partial charge is 0.364 e. The first-order valence-corrected chi connectivity index (χ1v) is 9.48. The first-order valence-electron chi connectivity index (χ1n) is 9.11. The Morgan fingerprint density at radius 3 is 2.78 bits per heavy atom. The lowest BCUT2D eigenvalue weighted by Crippen LogP contribution is -2.66. The lowest BCUT2D eigenvalue weighted by atomic mass is 9.76. The average Bonchev–Trinajstić information content (AvgIpc) is 2.68. The molecule has 4 nitrogen and oxygen atoms in total. The molecule has 2 heterocycles. The number of ether oxygens (including phenoxy) is 1. The summed E-state index contributed by atoms with van der Waals surface area (Å²) in [5, 5.41) is 0.397. The normalized spacial score (nSPS) is 26.1. The number of likely N-dealkylation sites (tertiary alicyclic amines) is 1. The summed E-state index contributed by atoms with van der Waals surface area (Å²) < 4.78 is 20.2. The lowest BCUT2D eigenvalue weighted by Gasteiger charge is -2.55. The van der Waals surface area contributed by atoms with E-state index in [2.05, 4.69) is 17.0 Å². The van der Waals surface area contributed by atoms with E-state index in [0.717, 1.165) is 18.5 Å². The van der Waals surface area contributed by atoms with Gasteiger partial charge in [0, 0.05) is 37.3 Å². The van der Waals surface area contributed by atoms with Gasteiger partial charge in [0.2, 0.25) is 5.91 Å². The van der Waals surface area contributed by atoms with Crippen molar-refractivity contribution in [3.63, 3.8) is 0 Å². The van der Waals surface area contributed by atoms with E-state index in [1.165, 1.54) is 6.07 Å². The van der Waals surface area contributed by atoms with Crippen molar-refractivity contribution < 1.29 is 13.9 Å². The molecule has 6 heteroatoms. The lowest BCUT2D eigenvalue weighted by molar-refractivity contribution is -0.183. The number of amides is 1. The van der Waals surface area contributed by atoms with Crippen LogP contribution >= 0.6 is 11.6 Å². The van der Waals surface area contributed by atoms with Crippen molar-refractivity contribution in [2.45, 2.75) is 24.6 Å². The van der Waals surface area contributed by atoms with Gasteiger partial charge in [-0.3, -0.25) is 9.69 Å². The molecule has 4 rings (SSSR count). The summed E-state index contributed by atoms with van der Waals surface area (Å²) in [6, 6.07) is 14.8. The Labute approximate surface area is 163 Å². The van der Waals surface area contributed by atoms with E-state index in [0.29, 0.717) is 23.7 Å². The van der Waals surface area contributed by atoms with E-state index in [1.54, 1.807) is 12.1 Å². The van der Waals surface area contributed by atoms with Crippen LogP contribution in [0.25, 0.3) is 0 Å². The molecule has 0 saturated carbocycles. The standard InChI is InChI=1S/C21H22ClFN2O2/c1-24-20(26)14-27-19-13-25(12-15-7-8-17(22)11-18(15)23)10-9-21(19,24)16-5-3-2-4-6-16/h2-8,11,19H,9-10,12-14H2,1H3/t19-,21+/m1/s1. The van der Waals surface area contributed by atoms with Crippen LogP contribution in [0.2, 0.25) is 5.02 Å². The number of hydrogen-bond donors (Lipinski definition) is 0. The topological polar surface area (TPSA) is 32.8 Å². The Morgan fingerprint density at radius 1 is 1.26 bits per heavy atom. The van der Waals surface area contributed by atoms with Crippen LogP contribution in [0.1, 0.15) is 17.5 Å². The van der Waals surface area contributed by atoms with Crippen LogP contribution < -0.4 is 0 Å². The molecule has 2 fully saturated rings. The maximum absolute atomic E-state index is 14.2. The number of carbonyl (C=O) groups excluding carboxylic acids is 1. The Hall–Kier alpha value is -1.95. The first kappa shape index (κ1) is 18.4. The SMILES string of the molecule is CN1C(=O)CO[C@@H]2CN(Cc3ccc(Cl)cc3F)CC[C@]21c1ccccc1. The monoisotopic (exact) mass is 388 g/mol. The van der Waals surface area contributed by atoms with Crippen LogP contribution in [-0.4, -0.2) is 48.6 Å². The maximum Gasteiger partial charge on any atom is 0.249 e. The summed E-state index contributed by atoms with van der Waals surface area (Å²) in [5.41, 5.74) is 1.22. The zero-order valence-corrected chi connectivity index (χ0v) is 16.0. The molecule has 0 bridgehead atoms. The quantitative estimate of drug-likeness (QED) is 0.807. The summed E-state index contributed by atoms with van der Waals surface area (Å²) in [6.45, 7) is 1.95. The summed E-state index contributed by atoms with van der Waals surface area (Å²) in [6.07, 6.45) is 0.575. The molecule has 2 atom stereocenters. The van der Waals surface area contributed by atoms with Crippen LogP contribution in [0.4, 0.5) is 4.39 Å². The smallest absolute Gasteiger partial charge is 0.249 e. The Morgan fingerprint density at radius 2 is 2.04 bits per heavy atom. The van der Waals surface area contributed by atoms with Crippen molar-refractivity contribution in [1.82, 2.24) is 9.80 Å².